The molecule has 0 bridgehead atoms. The summed E-state index contributed by atoms with van der Waals surface area (Å²) in [6.45, 7) is 2.67. The number of rotatable bonds is 4. The average Bonchev–Trinajstić information content (AvgIpc) is 3.04. The third kappa shape index (κ3) is 4.19. The molecule has 2 atom stereocenters. The van der Waals surface area contributed by atoms with Crippen LogP contribution in [-0.2, 0) is 9.59 Å². The minimum Gasteiger partial charge on any atom is -0.357 e. The first-order valence-corrected chi connectivity index (χ1v) is 9.12. The number of nitrogens with one attached hydrogen (secondary N) is 1. The zero-order chi connectivity index (χ0) is 17.8. The lowest BCUT2D eigenvalue weighted by Crippen LogP contribution is -2.49. The molecule has 25 heavy (non-hydrogen) atoms. The summed E-state index contributed by atoms with van der Waals surface area (Å²) in [5, 5.41) is 2.64. The standard InChI is InChI=1S/C19H28N4O2/c1-21-19(25)17-11-16(20)12-23(17)18(24)13-22-9-7-15(8-10-22)14-5-3-2-4-6-14/h2-6,15-17H,7-13,20H2,1H3,(H,21,25)/t16-,17+/m1/s1. The Labute approximate surface area is 149 Å². The molecule has 2 aliphatic heterocycles. The van der Waals surface area contributed by atoms with Crippen LogP contribution < -0.4 is 11.1 Å². The van der Waals surface area contributed by atoms with Crippen molar-refractivity contribution in [2.75, 3.05) is 33.2 Å². The van der Waals surface area contributed by atoms with Crippen LogP contribution in [0.3, 0.4) is 0 Å². The topological polar surface area (TPSA) is 78.7 Å². The Morgan fingerprint density at radius 1 is 1.20 bits per heavy atom. The zero-order valence-electron chi connectivity index (χ0n) is 14.9. The van der Waals surface area contributed by atoms with Crippen molar-refractivity contribution >= 4 is 11.8 Å². The molecule has 2 amide bonds. The molecule has 6 nitrogen and oxygen atoms in total. The van der Waals surface area contributed by atoms with Crippen molar-refractivity contribution in [3.8, 4) is 0 Å². The number of amides is 2. The van der Waals surface area contributed by atoms with Gasteiger partial charge in [-0.15, -0.1) is 0 Å². The number of likely N-dealkylation sites (tertiary alicyclic amines) is 2. The average molecular weight is 344 g/mol. The number of nitrogens with zero attached hydrogens (tertiary/aromatic N) is 2. The Morgan fingerprint density at radius 3 is 2.52 bits per heavy atom. The molecule has 2 heterocycles. The van der Waals surface area contributed by atoms with Crippen LogP contribution in [0.4, 0.5) is 0 Å². The molecule has 3 N–H and O–H groups in total. The lowest BCUT2D eigenvalue weighted by atomic mass is 9.89. The van der Waals surface area contributed by atoms with E-state index in [4.69, 9.17) is 5.73 Å². The third-order valence-corrected chi connectivity index (χ3v) is 5.42. The van der Waals surface area contributed by atoms with E-state index in [1.165, 1.54) is 5.56 Å². The van der Waals surface area contributed by atoms with Crippen molar-refractivity contribution < 1.29 is 9.59 Å². The van der Waals surface area contributed by atoms with E-state index >= 15 is 0 Å². The summed E-state index contributed by atoms with van der Waals surface area (Å²) in [6.07, 6.45) is 2.67. The fourth-order valence-electron chi connectivity index (χ4n) is 3.99. The first kappa shape index (κ1) is 17.9. The molecule has 0 radical (unpaired) electrons. The van der Waals surface area contributed by atoms with Crippen molar-refractivity contribution in [2.45, 2.75) is 37.3 Å². The minimum absolute atomic E-state index is 0.0136. The second-order valence-electron chi connectivity index (χ2n) is 7.13. The van der Waals surface area contributed by atoms with Gasteiger partial charge in [-0.05, 0) is 43.8 Å². The number of likely N-dealkylation sites (N-methyl/N-ethyl adjacent to an activating group) is 1. The Bertz CT molecular complexity index is 599. The van der Waals surface area contributed by atoms with Crippen molar-refractivity contribution in [1.82, 2.24) is 15.1 Å². The van der Waals surface area contributed by atoms with Gasteiger partial charge in [-0.3, -0.25) is 14.5 Å². The van der Waals surface area contributed by atoms with Gasteiger partial charge in [-0.25, -0.2) is 0 Å². The number of carbonyl (C=O) groups is 2. The Morgan fingerprint density at radius 2 is 1.88 bits per heavy atom. The summed E-state index contributed by atoms with van der Waals surface area (Å²) in [4.78, 5) is 28.5. The van der Waals surface area contributed by atoms with E-state index in [0.717, 1.165) is 25.9 Å². The molecular formula is C19H28N4O2. The maximum absolute atomic E-state index is 12.7. The van der Waals surface area contributed by atoms with Crippen LogP contribution in [0.2, 0.25) is 0 Å². The highest BCUT2D eigenvalue weighted by molar-refractivity contribution is 5.89. The second-order valence-corrected chi connectivity index (χ2v) is 7.13. The summed E-state index contributed by atoms with van der Waals surface area (Å²) in [6, 6.07) is 10.0. The summed E-state index contributed by atoms with van der Waals surface area (Å²) in [5.41, 5.74) is 7.36. The van der Waals surface area contributed by atoms with Crippen molar-refractivity contribution in [3.05, 3.63) is 35.9 Å². The van der Waals surface area contributed by atoms with Crippen LogP contribution in [0.1, 0.15) is 30.7 Å². The highest BCUT2D eigenvalue weighted by Gasteiger charge is 2.38. The number of nitrogens with two attached hydrogens (primary N) is 1. The van der Waals surface area contributed by atoms with Gasteiger partial charge < -0.3 is 16.0 Å². The number of carbonyl (C=O) groups excluding carboxylic acids is 2. The zero-order valence-corrected chi connectivity index (χ0v) is 14.9. The molecule has 0 aromatic heterocycles. The highest BCUT2D eigenvalue weighted by Crippen LogP contribution is 2.28. The summed E-state index contributed by atoms with van der Waals surface area (Å²) >= 11 is 0. The second kappa shape index (κ2) is 7.97. The first-order chi connectivity index (χ1) is 12.1. The van der Waals surface area contributed by atoms with Gasteiger partial charge in [-0.1, -0.05) is 30.3 Å². The molecule has 0 saturated carbocycles. The van der Waals surface area contributed by atoms with Gasteiger partial charge >= 0.3 is 0 Å². The predicted molar refractivity (Wildman–Crippen MR) is 97.0 cm³/mol. The molecule has 1 aromatic carbocycles. The van der Waals surface area contributed by atoms with Crippen LogP contribution in [0.5, 0.6) is 0 Å². The van der Waals surface area contributed by atoms with Crippen LogP contribution in [0.25, 0.3) is 0 Å². The van der Waals surface area contributed by atoms with Crippen LogP contribution in [0.15, 0.2) is 30.3 Å². The Hall–Kier alpha value is -1.92. The molecule has 2 aliphatic rings. The van der Waals surface area contributed by atoms with Crippen molar-refractivity contribution in [1.29, 1.82) is 0 Å². The minimum atomic E-state index is -0.422. The molecule has 0 aliphatic carbocycles. The fourth-order valence-corrected chi connectivity index (χ4v) is 3.99. The van der Waals surface area contributed by atoms with Crippen LogP contribution >= 0.6 is 0 Å². The highest BCUT2D eigenvalue weighted by atomic mass is 16.2. The molecule has 2 fully saturated rings. The SMILES string of the molecule is CNC(=O)[C@@H]1C[C@@H](N)CN1C(=O)CN1CCC(c2ccccc2)CC1. The Kier molecular flexibility index (Phi) is 5.71. The molecule has 2 saturated heterocycles. The number of hydrogen-bond acceptors (Lipinski definition) is 4. The lowest BCUT2D eigenvalue weighted by Gasteiger charge is -2.33. The Balaban J connectivity index is 1.53. The van der Waals surface area contributed by atoms with E-state index < -0.39 is 6.04 Å². The van der Waals surface area contributed by atoms with E-state index in [1.807, 2.05) is 6.07 Å². The monoisotopic (exact) mass is 344 g/mol. The van der Waals surface area contributed by atoms with Gasteiger partial charge in [-0.2, -0.15) is 0 Å². The van der Waals surface area contributed by atoms with E-state index in [1.54, 1.807) is 11.9 Å². The number of piperidine rings is 1. The fraction of sp³-hybridized carbons (Fsp3) is 0.579. The summed E-state index contributed by atoms with van der Waals surface area (Å²) < 4.78 is 0. The normalized spacial score (nSPS) is 25.1. The van der Waals surface area contributed by atoms with Gasteiger partial charge in [0, 0.05) is 19.6 Å². The smallest absolute Gasteiger partial charge is 0.242 e. The predicted octanol–water partition coefficient (Wildman–Crippen LogP) is 0.540. The van der Waals surface area contributed by atoms with E-state index in [2.05, 4.69) is 34.5 Å². The first-order valence-electron chi connectivity index (χ1n) is 9.12. The maximum atomic E-state index is 12.7. The molecule has 0 spiro atoms. The number of benzene rings is 1. The van der Waals surface area contributed by atoms with Gasteiger partial charge in [0.25, 0.3) is 0 Å². The quantitative estimate of drug-likeness (QED) is 0.836. The van der Waals surface area contributed by atoms with E-state index in [9.17, 15) is 9.59 Å². The summed E-state index contributed by atoms with van der Waals surface area (Å²) in [5.74, 6) is 0.468. The maximum Gasteiger partial charge on any atom is 0.242 e. The van der Waals surface area contributed by atoms with E-state index in [0.29, 0.717) is 25.4 Å². The molecule has 3 rings (SSSR count). The third-order valence-electron chi connectivity index (χ3n) is 5.42. The molecule has 6 heteroatoms. The van der Waals surface area contributed by atoms with E-state index in [-0.39, 0.29) is 17.9 Å². The van der Waals surface area contributed by atoms with Gasteiger partial charge in [0.15, 0.2) is 0 Å². The van der Waals surface area contributed by atoms with Gasteiger partial charge in [0.2, 0.25) is 11.8 Å². The number of hydrogen-bond donors (Lipinski definition) is 2. The van der Waals surface area contributed by atoms with Crippen molar-refractivity contribution in [2.24, 2.45) is 5.73 Å². The largest absolute Gasteiger partial charge is 0.357 e. The van der Waals surface area contributed by atoms with Gasteiger partial charge in [0.1, 0.15) is 6.04 Å². The summed E-state index contributed by atoms with van der Waals surface area (Å²) in [7, 11) is 1.60. The molecule has 0 unspecified atom stereocenters. The molecular weight excluding hydrogens is 316 g/mol. The lowest BCUT2D eigenvalue weighted by molar-refractivity contribution is -0.139. The molecule has 1 aromatic rings. The van der Waals surface area contributed by atoms with Crippen LogP contribution in [-0.4, -0.2) is 66.9 Å². The van der Waals surface area contributed by atoms with Gasteiger partial charge in [0.05, 0.1) is 6.54 Å². The molecule has 136 valence electrons. The van der Waals surface area contributed by atoms with Crippen LogP contribution in [0, 0.1) is 0 Å². The van der Waals surface area contributed by atoms with Crippen molar-refractivity contribution in [3.63, 3.8) is 0 Å².